The van der Waals surface area contributed by atoms with Gasteiger partial charge in [-0.15, -0.1) is 0 Å². The first kappa shape index (κ1) is 16.8. The summed E-state index contributed by atoms with van der Waals surface area (Å²) in [5.74, 6) is 0.363. The van der Waals surface area contributed by atoms with Crippen molar-refractivity contribution >= 4 is 21.9 Å². The summed E-state index contributed by atoms with van der Waals surface area (Å²) in [5.41, 5.74) is 3.20. The summed E-state index contributed by atoms with van der Waals surface area (Å²) in [4.78, 5) is 11.7. The van der Waals surface area contributed by atoms with E-state index in [-0.39, 0.29) is 5.97 Å². The zero-order valence-corrected chi connectivity index (χ0v) is 14.5. The number of benzene rings is 2. The van der Waals surface area contributed by atoms with Crippen LogP contribution in [0.2, 0.25) is 0 Å². The summed E-state index contributed by atoms with van der Waals surface area (Å²) in [6.07, 6.45) is 1.05. The Balaban J connectivity index is 1.92. The first-order valence-corrected chi connectivity index (χ1v) is 8.41. The van der Waals surface area contributed by atoms with Crippen LogP contribution in [0.15, 0.2) is 54.6 Å². The van der Waals surface area contributed by atoms with Crippen LogP contribution in [0, 0.1) is 5.92 Å². The first-order valence-electron chi connectivity index (χ1n) is 7.49. The highest BCUT2D eigenvalue weighted by molar-refractivity contribution is 9.09. The van der Waals surface area contributed by atoms with Crippen LogP contribution in [0.4, 0.5) is 0 Å². The fourth-order valence-electron chi connectivity index (χ4n) is 2.23. The second-order valence-electron chi connectivity index (χ2n) is 5.80. The van der Waals surface area contributed by atoms with Crippen molar-refractivity contribution in [2.45, 2.75) is 31.7 Å². The van der Waals surface area contributed by atoms with Crippen LogP contribution in [0.3, 0.4) is 0 Å². The Morgan fingerprint density at radius 2 is 1.64 bits per heavy atom. The standard InChI is InChI=1S/C19H21BrO2/c1-14(2)12-15-8-10-17(11-9-15)18(20)19(21)22-13-16-6-4-3-5-7-16/h3-11,14,18H,12-13H2,1-2H3. The van der Waals surface area contributed by atoms with Gasteiger partial charge in [0.1, 0.15) is 11.4 Å². The molecule has 3 heteroatoms. The fourth-order valence-corrected chi connectivity index (χ4v) is 2.67. The van der Waals surface area contributed by atoms with E-state index in [1.807, 2.05) is 42.5 Å². The normalized spacial score (nSPS) is 12.2. The van der Waals surface area contributed by atoms with Gasteiger partial charge >= 0.3 is 5.97 Å². The molecular weight excluding hydrogens is 340 g/mol. The van der Waals surface area contributed by atoms with Crippen molar-refractivity contribution in [1.82, 2.24) is 0 Å². The van der Waals surface area contributed by atoms with Gasteiger partial charge < -0.3 is 4.74 Å². The molecule has 1 unspecified atom stereocenters. The fraction of sp³-hybridized carbons (Fsp3) is 0.316. The molecule has 0 aliphatic carbocycles. The van der Waals surface area contributed by atoms with Gasteiger partial charge in [0.05, 0.1) is 0 Å². The molecular formula is C19H21BrO2. The van der Waals surface area contributed by atoms with Gasteiger partial charge in [-0.2, -0.15) is 0 Å². The minimum absolute atomic E-state index is 0.263. The number of rotatable bonds is 6. The number of esters is 1. The molecule has 0 aliphatic heterocycles. The van der Waals surface area contributed by atoms with Crippen molar-refractivity contribution in [3.05, 3.63) is 71.3 Å². The third-order valence-corrected chi connectivity index (χ3v) is 4.25. The van der Waals surface area contributed by atoms with E-state index in [9.17, 15) is 4.79 Å². The number of alkyl halides is 1. The minimum Gasteiger partial charge on any atom is -0.460 e. The highest BCUT2D eigenvalue weighted by atomic mass is 79.9. The molecule has 0 heterocycles. The Morgan fingerprint density at radius 1 is 1.00 bits per heavy atom. The van der Waals surface area contributed by atoms with E-state index in [0.29, 0.717) is 12.5 Å². The third kappa shape index (κ3) is 4.99. The first-order chi connectivity index (χ1) is 10.6. The van der Waals surface area contributed by atoms with Gasteiger partial charge in [0.15, 0.2) is 0 Å². The second kappa shape index (κ2) is 8.14. The number of ether oxygens (including phenoxy) is 1. The van der Waals surface area contributed by atoms with Crippen LogP contribution >= 0.6 is 15.9 Å². The highest BCUT2D eigenvalue weighted by Crippen LogP contribution is 2.25. The molecule has 0 fully saturated rings. The van der Waals surface area contributed by atoms with Crippen LogP contribution < -0.4 is 0 Å². The van der Waals surface area contributed by atoms with Gasteiger partial charge in [0.2, 0.25) is 0 Å². The van der Waals surface area contributed by atoms with Crippen molar-refractivity contribution in [3.8, 4) is 0 Å². The molecule has 116 valence electrons. The van der Waals surface area contributed by atoms with E-state index in [1.54, 1.807) is 0 Å². The van der Waals surface area contributed by atoms with E-state index in [2.05, 4.69) is 41.9 Å². The molecule has 0 aliphatic rings. The zero-order chi connectivity index (χ0) is 15.9. The molecule has 0 bridgehead atoms. The van der Waals surface area contributed by atoms with Gasteiger partial charge in [-0.25, -0.2) is 0 Å². The predicted molar refractivity (Wildman–Crippen MR) is 92.9 cm³/mol. The molecule has 0 aromatic heterocycles. The summed E-state index contributed by atoms with van der Waals surface area (Å²) in [7, 11) is 0. The third-order valence-electron chi connectivity index (χ3n) is 3.35. The van der Waals surface area contributed by atoms with E-state index in [0.717, 1.165) is 17.5 Å². The summed E-state index contributed by atoms with van der Waals surface area (Å²) in [6, 6.07) is 17.8. The Kier molecular flexibility index (Phi) is 6.20. The molecule has 2 aromatic carbocycles. The Hall–Kier alpha value is -1.61. The van der Waals surface area contributed by atoms with Crippen molar-refractivity contribution in [3.63, 3.8) is 0 Å². The van der Waals surface area contributed by atoms with Gasteiger partial charge in [0, 0.05) is 0 Å². The highest BCUT2D eigenvalue weighted by Gasteiger charge is 2.18. The molecule has 0 spiro atoms. The van der Waals surface area contributed by atoms with Gasteiger partial charge in [-0.1, -0.05) is 84.4 Å². The maximum absolute atomic E-state index is 12.1. The van der Waals surface area contributed by atoms with Gasteiger partial charge in [0.25, 0.3) is 0 Å². The average molecular weight is 361 g/mol. The second-order valence-corrected chi connectivity index (χ2v) is 6.71. The average Bonchev–Trinajstić information content (AvgIpc) is 2.53. The van der Waals surface area contributed by atoms with E-state index < -0.39 is 4.83 Å². The minimum atomic E-state index is -0.427. The van der Waals surface area contributed by atoms with E-state index in [4.69, 9.17) is 4.74 Å². The van der Waals surface area contributed by atoms with Crippen LogP contribution in [0.1, 0.15) is 35.4 Å². The van der Waals surface area contributed by atoms with E-state index >= 15 is 0 Å². The molecule has 22 heavy (non-hydrogen) atoms. The number of carbonyl (C=O) groups is 1. The molecule has 0 saturated carbocycles. The number of hydrogen-bond acceptors (Lipinski definition) is 2. The van der Waals surface area contributed by atoms with Crippen LogP contribution in [-0.4, -0.2) is 5.97 Å². The molecule has 2 nitrogen and oxygen atoms in total. The summed E-state index contributed by atoms with van der Waals surface area (Å²) in [5, 5.41) is 0. The molecule has 0 radical (unpaired) electrons. The lowest BCUT2D eigenvalue weighted by atomic mass is 10.0. The van der Waals surface area contributed by atoms with Crippen molar-refractivity contribution in [2.75, 3.05) is 0 Å². The molecule has 1 atom stereocenters. The lowest BCUT2D eigenvalue weighted by molar-refractivity contribution is -0.144. The largest absolute Gasteiger partial charge is 0.460 e. The monoisotopic (exact) mass is 360 g/mol. The van der Waals surface area contributed by atoms with Gasteiger partial charge in [-0.3, -0.25) is 4.79 Å². The summed E-state index contributed by atoms with van der Waals surface area (Å²) < 4.78 is 5.35. The molecule has 2 rings (SSSR count). The van der Waals surface area contributed by atoms with Crippen LogP contribution in [0.25, 0.3) is 0 Å². The smallest absolute Gasteiger partial charge is 0.324 e. The number of halogens is 1. The Labute approximate surface area is 140 Å². The molecule has 0 amide bonds. The quantitative estimate of drug-likeness (QED) is 0.531. The summed E-state index contributed by atoms with van der Waals surface area (Å²) >= 11 is 3.43. The topological polar surface area (TPSA) is 26.3 Å². The molecule has 2 aromatic rings. The molecule has 0 saturated heterocycles. The summed E-state index contributed by atoms with van der Waals surface area (Å²) in [6.45, 7) is 4.69. The van der Waals surface area contributed by atoms with Crippen molar-refractivity contribution in [2.24, 2.45) is 5.92 Å². The SMILES string of the molecule is CC(C)Cc1ccc(C(Br)C(=O)OCc2ccccc2)cc1. The van der Waals surface area contributed by atoms with Crippen LogP contribution in [-0.2, 0) is 22.6 Å². The molecule has 0 N–H and O–H groups in total. The van der Waals surface area contributed by atoms with Crippen LogP contribution in [0.5, 0.6) is 0 Å². The van der Waals surface area contributed by atoms with Crippen molar-refractivity contribution in [1.29, 1.82) is 0 Å². The predicted octanol–water partition coefficient (Wildman–Crippen LogP) is 5.06. The van der Waals surface area contributed by atoms with E-state index in [1.165, 1.54) is 5.56 Å². The lowest BCUT2D eigenvalue weighted by Gasteiger charge is -2.12. The maximum atomic E-state index is 12.1. The van der Waals surface area contributed by atoms with Crippen molar-refractivity contribution < 1.29 is 9.53 Å². The lowest BCUT2D eigenvalue weighted by Crippen LogP contribution is -2.11. The number of hydrogen-bond donors (Lipinski definition) is 0. The Bertz CT molecular complexity index is 591. The Morgan fingerprint density at radius 3 is 2.23 bits per heavy atom. The zero-order valence-electron chi connectivity index (χ0n) is 13.0. The number of carbonyl (C=O) groups excluding carboxylic acids is 1. The maximum Gasteiger partial charge on any atom is 0.324 e. The van der Waals surface area contributed by atoms with Gasteiger partial charge in [-0.05, 0) is 29.0 Å².